The third kappa shape index (κ3) is 4.15. The van der Waals surface area contributed by atoms with Gasteiger partial charge in [-0.05, 0) is 32.1 Å². The van der Waals surface area contributed by atoms with Gasteiger partial charge in [0.1, 0.15) is 5.82 Å². The van der Waals surface area contributed by atoms with Gasteiger partial charge in [-0.1, -0.05) is 19.3 Å². The van der Waals surface area contributed by atoms with Crippen LogP contribution in [-0.4, -0.2) is 62.4 Å². The molecule has 2 fully saturated rings. The lowest BCUT2D eigenvalue weighted by atomic mass is 9.82. The number of carbonyl (C=O) groups is 2. The first kappa shape index (κ1) is 21.0. The molecule has 0 unspecified atom stereocenters. The van der Waals surface area contributed by atoms with Gasteiger partial charge in [0.05, 0.1) is 30.3 Å². The number of amides is 2. The molecule has 30 heavy (non-hydrogen) atoms. The van der Waals surface area contributed by atoms with Crippen LogP contribution in [0.3, 0.4) is 0 Å². The predicted molar refractivity (Wildman–Crippen MR) is 113 cm³/mol. The molecule has 0 radical (unpaired) electrons. The van der Waals surface area contributed by atoms with Crippen LogP contribution in [0.15, 0.2) is 0 Å². The summed E-state index contributed by atoms with van der Waals surface area (Å²) in [7, 11) is 1.85. The minimum atomic E-state index is -0.864. The average Bonchev–Trinajstić information content (AvgIpc) is 3.22. The largest absolute Gasteiger partial charge is 0.389 e. The van der Waals surface area contributed by atoms with Crippen LogP contribution in [0, 0.1) is 0 Å². The number of anilines is 1. The van der Waals surface area contributed by atoms with Crippen molar-refractivity contribution in [3.05, 3.63) is 17.1 Å². The highest BCUT2D eigenvalue weighted by molar-refractivity contribution is 5.78. The molecule has 1 aromatic heterocycles. The van der Waals surface area contributed by atoms with Crippen molar-refractivity contribution in [2.75, 3.05) is 25.5 Å². The zero-order valence-corrected chi connectivity index (χ0v) is 18.1. The topological polar surface area (TPSA) is 98.7 Å². The molecule has 8 nitrogen and oxygen atoms in total. The summed E-state index contributed by atoms with van der Waals surface area (Å²) in [6, 6.07) is -0.171. The van der Waals surface area contributed by atoms with Crippen LogP contribution in [0.5, 0.6) is 0 Å². The van der Waals surface area contributed by atoms with E-state index in [1.54, 1.807) is 11.8 Å². The summed E-state index contributed by atoms with van der Waals surface area (Å²) >= 11 is 0. The third-order valence-corrected chi connectivity index (χ3v) is 6.90. The highest BCUT2D eigenvalue weighted by Crippen LogP contribution is 2.36. The fourth-order valence-electron chi connectivity index (χ4n) is 5.18. The van der Waals surface area contributed by atoms with E-state index in [0.29, 0.717) is 38.3 Å². The second-order valence-corrected chi connectivity index (χ2v) is 9.00. The van der Waals surface area contributed by atoms with Crippen LogP contribution in [0.1, 0.15) is 81.4 Å². The zero-order chi connectivity index (χ0) is 21.3. The second-order valence-electron chi connectivity index (χ2n) is 9.00. The van der Waals surface area contributed by atoms with E-state index in [9.17, 15) is 14.7 Å². The van der Waals surface area contributed by atoms with Crippen molar-refractivity contribution in [2.24, 2.45) is 0 Å². The number of fused-ring (bicyclic) bond motifs is 1. The molecule has 1 saturated heterocycles. The lowest BCUT2D eigenvalue weighted by molar-refractivity contribution is -0.139. The molecule has 2 N–H and O–H groups in total. The van der Waals surface area contributed by atoms with Crippen molar-refractivity contribution in [1.82, 2.24) is 19.8 Å². The van der Waals surface area contributed by atoms with E-state index in [1.807, 2.05) is 11.9 Å². The average molecular weight is 416 g/mol. The number of nitrogens with zero attached hydrogens (tertiary/aromatic N) is 4. The van der Waals surface area contributed by atoms with Crippen molar-refractivity contribution < 1.29 is 14.7 Å². The minimum Gasteiger partial charge on any atom is -0.389 e. The maximum Gasteiger partial charge on any atom is 0.226 e. The number of hydrogen-bond acceptors (Lipinski definition) is 6. The Labute approximate surface area is 178 Å². The molecule has 0 bridgehead atoms. The zero-order valence-electron chi connectivity index (χ0n) is 18.1. The Bertz CT molecular complexity index is 821. The number of rotatable bonds is 4. The highest BCUT2D eigenvalue weighted by atomic mass is 16.3. The molecule has 8 heteroatoms. The molecule has 164 valence electrons. The fourth-order valence-corrected chi connectivity index (χ4v) is 5.18. The van der Waals surface area contributed by atoms with Gasteiger partial charge < -0.3 is 20.2 Å². The summed E-state index contributed by atoms with van der Waals surface area (Å²) in [5.41, 5.74) is 1.07. The van der Waals surface area contributed by atoms with Gasteiger partial charge in [0.15, 0.2) is 5.82 Å². The van der Waals surface area contributed by atoms with E-state index in [-0.39, 0.29) is 24.3 Å². The first-order valence-electron chi connectivity index (χ1n) is 11.2. The Hall–Kier alpha value is -2.22. The van der Waals surface area contributed by atoms with Crippen molar-refractivity contribution in [3.8, 4) is 0 Å². The molecule has 1 atom stereocenters. The SMILES string of the molecule is CNc1nc([C@@H]2CCCN2C(=O)CC2(O)CCCCC2)nc2c1CCN(C(C)=O)C2. The van der Waals surface area contributed by atoms with Gasteiger partial charge in [0.25, 0.3) is 0 Å². The molecule has 3 aliphatic rings. The first-order chi connectivity index (χ1) is 14.4. The molecule has 1 aromatic rings. The molecule has 3 heterocycles. The van der Waals surface area contributed by atoms with Gasteiger partial charge in [-0.15, -0.1) is 0 Å². The molecule has 1 saturated carbocycles. The Morgan fingerprint density at radius 3 is 2.63 bits per heavy atom. The number of hydrogen-bond donors (Lipinski definition) is 2. The van der Waals surface area contributed by atoms with Crippen molar-refractivity contribution in [3.63, 3.8) is 0 Å². The summed E-state index contributed by atoms with van der Waals surface area (Å²) < 4.78 is 0. The normalized spacial score (nSPS) is 23.2. The Balaban J connectivity index is 1.57. The van der Waals surface area contributed by atoms with Crippen LogP contribution in [-0.2, 0) is 22.6 Å². The Morgan fingerprint density at radius 2 is 1.93 bits per heavy atom. The number of aromatic nitrogens is 2. The van der Waals surface area contributed by atoms with Crippen molar-refractivity contribution in [1.29, 1.82) is 0 Å². The second kappa shape index (κ2) is 8.49. The van der Waals surface area contributed by atoms with Crippen LogP contribution in [0.4, 0.5) is 5.82 Å². The standard InChI is InChI=1S/C22H33N5O3/c1-15(28)26-12-8-16-17(14-26)24-21(25-20(16)23-2)18-7-6-11-27(18)19(29)13-22(30)9-4-3-5-10-22/h18,30H,3-14H2,1-2H3,(H,23,24,25)/t18-/m0/s1. The number of aliphatic hydroxyl groups is 1. The van der Waals surface area contributed by atoms with Gasteiger partial charge in [-0.25, -0.2) is 9.97 Å². The van der Waals surface area contributed by atoms with Crippen LogP contribution >= 0.6 is 0 Å². The molecule has 1 aliphatic carbocycles. The summed E-state index contributed by atoms with van der Waals surface area (Å²) in [6.07, 6.45) is 7.16. The molecule has 4 rings (SSSR count). The van der Waals surface area contributed by atoms with Crippen LogP contribution in [0.25, 0.3) is 0 Å². The van der Waals surface area contributed by atoms with E-state index in [4.69, 9.17) is 9.97 Å². The molecular weight excluding hydrogens is 382 g/mol. The number of carbonyl (C=O) groups excluding carboxylic acids is 2. The summed E-state index contributed by atoms with van der Waals surface area (Å²) in [5, 5.41) is 14.0. The quantitative estimate of drug-likeness (QED) is 0.782. The summed E-state index contributed by atoms with van der Waals surface area (Å²) in [6.45, 7) is 3.41. The van der Waals surface area contributed by atoms with Gasteiger partial charge in [0, 0.05) is 32.6 Å². The summed E-state index contributed by atoms with van der Waals surface area (Å²) in [5.74, 6) is 1.48. The highest BCUT2D eigenvalue weighted by Gasteiger charge is 2.38. The van der Waals surface area contributed by atoms with E-state index in [2.05, 4.69) is 5.32 Å². The van der Waals surface area contributed by atoms with Gasteiger partial charge in [-0.2, -0.15) is 0 Å². The molecular formula is C22H33N5O3. The Morgan fingerprint density at radius 1 is 1.17 bits per heavy atom. The van der Waals surface area contributed by atoms with E-state index in [1.165, 1.54) is 0 Å². The molecule has 0 aromatic carbocycles. The van der Waals surface area contributed by atoms with Gasteiger partial charge in [0.2, 0.25) is 11.8 Å². The molecule has 0 spiro atoms. The first-order valence-corrected chi connectivity index (χ1v) is 11.2. The maximum atomic E-state index is 13.1. The van der Waals surface area contributed by atoms with Crippen LogP contribution < -0.4 is 5.32 Å². The minimum absolute atomic E-state index is 0.000379. The maximum absolute atomic E-state index is 13.1. The molecule has 2 aliphatic heterocycles. The van der Waals surface area contributed by atoms with Crippen LogP contribution in [0.2, 0.25) is 0 Å². The van der Waals surface area contributed by atoms with Gasteiger partial charge in [-0.3, -0.25) is 9.59 Å². The lowest BCUT2D eigenvalue weighted by Crippen LogP contribution is -2.41. The Kier molecular flexibility index (Phi) is 5.95. The fraction of sp³-hybridized carbons (Fsp3) is 0.727. The number of likely N-dealkylation sites (tertiary alicyclic amines) is 1. The lowest BCUT2D eigenvalue weighted by Gasteiger charge is -2.34. The van der Waals surface area contributed by atoms with E-state index in [0.717, 1.165) is 55.6 Å². The van der Waals surface area contributed by atoms with Gasteiger partial charge >= 0.3 is 0 Å². The smallest absolute Gasteiger partial charge is 0.226 e. The van der Waals surface area contributed by atoms with Crippen molar-refractivity contribution in [2.45, 2.75) is 82.9 Å². The third-order valence-electron chi connectivity index (χ3n) is 6.90. The van der Waals surface area contributed by atoms with Crippen molar-refractivity contribution >= 4 is 17.6 Å². The number of nitrogens with one attached hydrogen (secondary N) is 1. The van der Waals surface area contributed by atoms with E-state index < -0.39 is 5.60 Å². The monoisotopic (exact) mass is 415 g/mol. The summed E-state index contributed by atoms with van der Waals surface area (Å²) in [4.78, 5) is 38.2. The predicted octanol–water partition coefficient (Wildman–Crippen LogP) is 2.17. The molecule has 2 amide bonds. The van der Waals surface area contributed by atoms with E-state index >= 15 is 0 Å².